The fourth-order valence-corrected chi connectivity index (χ4v) is 3.94. The number of hydrogen-bond donors (Lipinski definition) is 2. The Bertz CT molecular complexity index is 724. The number of rotatable bonds is 3. The summed E-state index contributed by atoms with van der Waals surface area (Å²) < 4.78 is 0. The summed E-state index contributed by atoms with van der Waals surface area (Å²) in [6, 6.07) is 2.82. The van der Waals surface area contributed by atoms with Gasteiger partial charge < -0.3 is 15.2 Å². The molecule has 2 aromatic heterocycles. The number of nitrogens with one attached hydrogen (secondary N) is 2. The molecule has 22 heavy (non-hydrogen) atoms. The van der Waals surface area contributed by atoms with Gasteiger partial charge >= 0.3 is 0 Å². The quantitative estimate of drug-likeness (QED) is 0.851. The predicted molar refractivity (Wildman–Crippen MR) is 84.4 cm³/mol. The molecule has 6 heteroatoms. The Morgan fingerprint density at radius 2 is 2.23 bits per heavy atom. The second kappa shape index (κ2) is 5.12. The Hall–Kier alpha value is -2.37. The molecule has 2 saturated heterocycles. The third-order valence-corrected chi connectivity index (χ3v) is 4.93. The fraction of sp³-hybridized carbons (Fsp3) is 0.438. The first-order chi connectivity index (χ1) is 10.8. The molecule has 1 unspecified atom stereocenters. The molecule has 2 aromatic rings. The van der Waals surface area contributed by atoms with E-state index in [0.717, 1.165) is 42.5 Å². The van der Waals surface area contributed by atoms with Gasteiger partial charge in [0.1, 0.15) is 17.8 Å². The summed E-state index contributed by atoms with van der Waals surface area (Å²) >= 11 is 0. The van der Waals surface area contributed by atoms with Gasteiger partial charge in [0.2, 0.25) is 5.91 Å². The van der Waals surface area contributed by atoms with Gasteiger partial charge in [-0.25, -0.2) is 9.97 Å². The van der Waals surface area contributed by atoms with E-state index in [1.807, 2.05) is 17.2 Å². The van der Waals surface area contributed by atoms with Crippen LogP contribution in [0, 0.1) is 0 Å². The number of aromatic nitrogens is 3. The van der Waals surface area contributed by atoms with Crippen LogP contribution in [0.1, 0.15) is 25.7 Å². The van der Waals surface area contributed by atoms with Gasteiger partial charge in [0.25, 0.3) is 0 Å². The van der Waals surface area contributed by atoms with Gasteiger partial charge in [0.05, 0.1) is 11.4 Å². The van der Waals surface area contributed by atoms with Crippen molar-refractivity contribution in [2.45, 2.75) is 43.8 Å². The van der Waals surface area contributed by atoms with Crippen LogP contribution in [0.3, 0.4) is 0 Å². The molecule has 6 nitrogen and oxygen atoms in total. The van der Waals surface area contributed by atoms with E-state index in [9.17, 15) is 4.79 Å². The van der Waals surface area contributed by atoms with Gasteiger partial charge in [-0.2, -0.15) is 0 Å². The molecule has 0 saturated carbocycles. The molecule has 0 aromatic carbocycles. The van der Waals surface area contributed by atoms with Crippen molar-refractivity contribution in [2.75, 3.05) is 5.32 Å². The summed E-state index contributed by atoms with van der Waals surface area (Å²) in [5.74, 6) is 0.890. The number of carbonyl (C=O) groups excluding carboxylic acids is 1. The molecule has 0 spiro atoms. The molecule has 3 atom stereocenters. The zero-order chi connectivity index (χ0) is 15.1. The number of anilines is 1. The fourth-order valence-electron chi connectivity index (χ4n) is 3.94. The number of amides is 1. The van der Waals surface area contributed by atoms with Crippen LogP contribution in [-0.2, 0) is 4.79 Å². The number of fused-ring (bicyclic) bond motifs is 3. The highest BCUT2D eigenvalue weighted by Gasteiger charge is 2.44. The van der Waals surface area contributed by atoms with Gasteiger partial charge in [-0.15, -0.1) is 0 Å². The number of H-pyrrole nitrogens is 1. The van der Waals surface area contributed by atoms with E-state index >= 15 is 0 Å². The highest BCUT2D eigenvalue weighted by atomic mass is 16.2. The monoisotopic (exact) mass is 297 g/mol. The van der Waals surface area contributed by atoms with E-state index in [4.69, 9.17) is 0 Å². The summed E-state index contributed by atoms with van der Waals surface area (Å²) in [7, 11) is 0. The van der Waals surface area contributed by atoms with Gasteiger partial charge in [-0.1, -0.05) is 6.58 Å². The molecule has 2 fully saturated rings. The smallest absolute Gasteiger partial charge is 0.246 e. The maximum Gasteiger partial charge on any atom is 0.246 e. The molecule has 4 rings (SSSR count). The summed E-state index contributed by atoms with van der Waals surface area (Å²) in [4.78, 5) is 25.9. The minimum absolute atomic E-state index is 0.0495. The Morgan fingerprint density at radius 3 is 3.09 bits per heavy atom. The normalized spacial score (nSPS) is 27.1. The average molecular weight is 297 g/mol. The molecule has 2 N–H and O–H groups in total. The number of hydrogen-bond acceptors (Lipinski definition) is 4. The van der Waals surface area contributed by atoms with Gasteiger partial charge in [0, 0.05) is 18.3 Å². The van der Waals surface area contributed by atoms with Crippen LogP contribution in [0.4, 0.5) is 5.82 Å². The standard InChI is InChI=1S/C16H19N5O/c1-2-14(22)21-10-3-5-12(13(21)6-4-10)20-16-11-7-8-17-15(11)18-9-19-16/h2,7-10,12-13H,1,3-6H2,(H2,17,18,19,20)/t10-,12?,13-/m0/s1. The van der Waals surface area contributed by atoms with Crippen LogP contribution in [0.25, 0.3) is 11.0 Å². The van der Waals surface area contributed by atoms with Crippen molar-refractivity contribution in [3.05, 3.63) is 31.2 Å². The van der Waals surface area contributed by atoms with E-state index in [0.29, 0.717) is 6.04 Å². The third kappa shape index (κ3) is 1.98. The summed E-state index contributed by atoms with van der Waals surface area (Å²) in [6.45, 7) is 3.64. The Kier molecular flexibility index (Phi) is 3.10. The zero-order valence-corrected chi connectivity index (χ0v) is 12.3. The predicted octanol–water partition coefficient (Wildman–Crippen LogP) is 2.08. The number of piperidine rings is 1. The van der Waals surface area contributed by atoms with Crippen molar-refractivity contribution in [3.8, 4) is 0 Å². The summed E-state index contributed by atoms with van der Waals surface area (Å²) in [6.07, 6.45) is 9.09. The van der Waals surface area contributed by atoms with Crippen molar-refractivity contribution >= 4 is 22.8 Å². The number of aromatic amines is 1. The molecule has 4 heterocycles. The SMILES string of the molecule is C=CC(=O)N1[C@H]2CCC(Nc3ncnc4[nH]ccc34)[C@@H]1CC2. The molecular weight excluding hydrogens is 278 g/mol. The first-order valence-corrected chi connectivity index (χ1v) is 7.77. The molecule has 2 bridgehead atoms. The molecule has 1 amide bonds. The summed E-state index contributed by atoms with van der Waals surface area (Å²) in [5, 5.41) is 4.54. The van der Waals surface area contributed by atoms with Crippen LogP contribution < -0.4 is 5.32 Å². The van der Waals surface area contributed by atoms with Gasteiger partial charge in [-0.3, -0.25) is 4.79 Å². The van der Waals surface area contributed by atoms with Crippen molar-refractivity contribution in [1.29, 1.82) is 0 Å². The second-order valence-electron chi connectivity index (χ2n) is 6.04. The molecule has 0 aliphatic carbocycles. The first-order valence-electron chi connectivity index (χ1n) is 7.77. The Balaban J connectivity index is 1.62. The lowest BCUT2D eigenvalue weighted by Gasteiger charge is -2.40. The van der Waals surface area contributed by atoms with Gasteiger partial charge in [-0.05, 0) is 37.8 Å². The number of nitrogens with zero attached hydrogens (tertiary/aromatic N) is 3. The summed E-state index contributed by atoms with van der Waals surface area (Å²) in [5.41, 5.74) is 0.830. The minimum atomic E-state index is 0.0495. The molecule has 114 valence electrons. The topological polar surface area (TPSA) is 73.9 Å². The molecule has 0 radical (unpaired) electrons. The highest BCUT2D eigenvalue weighted by molar-refractivity contribution is 5.88. The third-order valence-electron chi connectivity index (χ3n) is 4.93. The van der Waals surface area contributed by atoms with E-state index < -0.39 is 0 Å². The lowest BCUT2D eigenvalue weighted by Crippen LogP contribution is -2.52. The zero-order valence-electron chi connectivity index (χ0n) is 12.3. The van der Waals surface area contributed by atoms with Crippen LogP contribution in [0.5, 0.6) is 0 Å². The minimum Gasteiger partial charge on any atom is -0.365 e. The second-order valence-corrected chi connectivity index (χ2v) is 6.04. The maximum absolute atomic E-state index is 12.1. The van der Waals surface area contributed by atoms with Crippen molar-refractivity contribution < 1.29 is 4.79 Å². The van der Waals surface area contributed by atoms with E-state index in [-0.39, 0.29) is 18.0 Å². The lowest BCUT2D eigenvalue weighted by molar-refractivity contribution is -0.130. The van der Waals surface area contributed by atoms with Crippen molar-refractivity contribution in [1.82, 2.24) is 19.9 Å². The largest absolute Gasteiger partial charge is 0.365 e. The van der Waals surface area contributed by atoms with Crippen LogP contribution in [0.15, 0.2) is 31.2 Å². The van der Waals surface area contributed by atoms with Crippen LogP contribution >= 0.6 is 0 Å². The molecular formula is C16H19N5O. The molecule has 2 aliphatic heterocycles. The van der Waals surface area contributed by atoms with Crippen molar-refractivity contribution in [3.63, 3.8) is 0 Å². The first kappa shape index (κ1) is 13.3. The maximum atomic E-state index is 12.1. The van der Waals surface area contributed by atoms with Crippen molar-refractivity contribution in [2.24, 2.45) is 0 Å². The number of carbonyl (C=O) groups is 1. The van der Waals surface area contributed by atoms with Crippen LogP contribution in [-0.4, -0.2) is 43.9 Å². The Labute approximate surface area is 128 Å². The highest BCUT2D eigenvalue weighted by Crippen LogP contribution is 2.37. The average Bonchev–Trinajstić information content (AvgIpc) is 3.13. The van der Waals surface area contributed by atoms with E-state index in [2.05, 4.69) is 26.8 Å². The van der Waals surface area contributed by atoms with Crippen LogP contribution in [0.2, 0.25) is 0 Å². The Morgan fingerprint density at radius 1 is 1.36 bits per heavy atom. The lowest BCUT2D eigenvalue weighted by atomic mass is 9.97. The van der Waals surface area contributed by atoms with E-state index in [1.165, 1.54) is 6.08 Å². The van der Waals surface area contributed by atoms with E-state index in [1.54, 1.807) is 6.33 Å². The molecule has 2 aliphatic rings. The van der Waals surface area contributed by atoms with Gasteiger partial charge in [0.15, 0.2) is 0 Å².